The maximum Gasteiger partial charge on any atom is 0.326 e. The molecule has 1 aliphatic rings. The quantitative estimate of drug-likeness (QED) is 0.403. The van der Waals surface area contributed by atoms with E-state index in [-0.39, 0.29) is 28.1 Å². The van der Waals surface area contributed by atoms with Gasteiger partial charge in [0.25, 0.3) is 5.91 Å². The summed E-state index contributed by atoms with van der Waals surface area (Å²) in [6.45, 7) is 0.786. The van der Waals surface area contributed by atoms with Crippen LogP contribution in [0, 0.1) is 0 Å². The van der Waals surface area contributed by atoms with Crippen molar-refractivity contribution in [2.75, 3.05) is 6.54 Å². The van der Waals surface area contributed by atoms with Crippen molar-refractivity contribution < 1.29 is 14.7 Å². The molecule has 0 saturated heterocycles. The second kappa shape index (κ2) is 10.9. The van der Waals surface area contributed by atoms with Gasteiger partial charge in [-0.15, -0.1) is 0 Å². The van der Waals surface area contributed by atoms with Gasteiger partial charge in [-0.2, -0.15) is 0 Å². The van der Waals surface area contributed by atoms with Gasteiger partial charge < -0.3 is 15.7 Å². The summed E-state index contributed by atoms with van der Waals surface area (Å²) >= 11 is 12.2. The lowest BCUT2D eigenvalue weighted by molar-refractivity contribution is -0.139. The number of carbonyl (C=O) groups is 2. The predicted octanol–water partition coefficient (Wildman–Crippen LogP) is 5.54. The summed E-state index contributed by atoms with van der Waals surface area (Å²) < 4.78 is 0. The van der Waals surface area contributed by atoms with E-state index in [1.807, 2.05) is 42.5 Å². The Kier molecular flexibility index (Phi) is 7.68. The van der Waals surface area contributed by atoms with E-state index >= 15 is 0 Å². The minimum absolute atomic E-state index is 0.0678. The van der Waals surface area contributed by atoms with Crippen LogP contribution in [0.3, 0.4) is 0 Å². The van der Waals surface area contributed by atoms with E-state index in [0.717, 1.165) is 24.1 Å². The number of aliphatic carboxylic acids is 1. The maximum absolute atomic E-state index is 12.6. The van der Waals surface area contributed by atoms with Crippen molar-refractivity contribution in [1.82, 2.24) is 10.6 Å². The molecule has 0 aliphatic carbocycles. The highest BCUT2D eigenvalue weighted by Crippen LogP contribution is 2.30. The first kappa shape index (κ1) is 24.0. The lowest BCUT2D eigenvalue weighted by atomic mass is 9.91. The van der Waals surface area contributed by atoms with E-state index < -0.39 is 17.9 Å². The van der Waals surface area contributed by atoms with E-state index in [0.29, 0.717) is 0 Å². The minimum atomic E-state index is -1.13. The van der Waals surface area contributed by atoms with Gasteiger partial charge in [0.2, 0.25) is 0 Å². The molecule has 0 spiro atoms. The number of nitrogens with one attached hydrogen (secondary N) is 2. The molecule has 0 saturated carbocycles. The fraction of sp³-hybridized carbons (Fsp3) is 0.185. The zero-order chi connectivity index (χ0) is 24.1. The van der Waals surface area contributed by atoms with Crippen LogP contribution in [-0.2, 0) is 11.2 Å². The molecule has 1 heterocycles. The van der Waals surface area contributed by atoms with Crippen LogP contribution in [0.2, 0.25) is 10.0 Å². The molecule has 174 valence electrons. The van der Waals surface area contributed by atoms with Crippen LogP contribution in [0.1, 0.15) is 39.5 Å². The number of hydrogen-bond acceptors (Lipinski definition) is 3. The summed E-state index contributed by atoms with van der Waals surface area (Å²) in [5, 5.41) is 16.1. The number of hydrogen-bond donors (Lipinski definition) is 3. The van der Waals surface area contributed by atoms with Crippen LogP contribution < -0.4 is 10.6 Å². The van der Waals surface area contributed by atoms with Crippen molar-refractivity contribution in [3.8, 4) is 0 Å². The topological polar surface area (TPSA) is 78.4 Å². The van der Waals surface area contributed by atoms with Crippen molar-refractivity contribution in [2.24, 2.45) is 0 Å². The molecule has 0 bridgehead atoms. The van der Waals surface area contributed by atoms with Gasteiger partial charge in [-0.25, -0.2) is 4.79 Å². The summed E-state index contributed by atoms with van der Waals surface area (Å²) in [5.74, 6) is -1.75. The molecular weight excluding hydrogens is 471 g/mol. The Hall–Kier alpha value is -3.12. The zero-order valence-corrected chi connectivity index (χ0v) is 19.8. The van der Waals surface area contributed by atoms with Crippen LogP contribution in [-0.4, -0.2) is 29.6 Å². The molecule has 7 heteroatoms. The first-order valence-electron chi connectivity index (χ1n) is 11.0. The summed E-state index contributed by atoms with van der Waals surface area (Å²) in [4.78, 5) is 24.5. The second-order valence-electron chi connectivity index (χ2n) is 8.17. The van der Waals surface area contributed by atoms with Crippen molar-refractivity contribution in [2.45, 2.75) is 24.9 Å². The Balaban J connectivity index is 1.44. The Morgan fingerprint density at radius 3 is 2.29 bits per heavy atom. The van der Waals surface area contributed by atoms with Crippen LogP contribution in [0.15, 0.2) is 78.9 Å². The van der Waals surface area contributed by atoms with Crippen LogP contribution in [0.4, 0.5) is 0 Å². The number of halogens is 2. The monoisotopic (exact) mass is 494 g/mol. The molecule has 5 nitrogen and oxygen atoms in total. The highest BCUT2D eigenvalue weighted by atomic mass is 35.5. The third-order valence-corrected chi connectivity index (χ3v) is 6.53. The lowest BCUT2D eigenvalue weighted by Crippen LogP contribution is -2.42. The Morgan fingerprint density at radius 1 is 0.971 bits per heavy atom. The Bertz CT molecular complexity index is 1190. The van der Waals surface area contributed by atoms with Gasteiger partial charge in [0.15, 0.2) is 0 Å². The normalized spacial score (nSPS) is 16.4. The summed E-state index contributed by atoms with van der Waals surface area (Å²) in [5.41, 5.74) is 4.47. The minimum Gasteiger partial charge on any atom is -0.480 e. The van der Waals surface area contributed by atoms with Gasteiger partial charge in [0, 0.05) is 19.0 Å². The molecule has 1 amide bonds. The standard InChI is InChI=1S/C27H24Cl2N2O3/c28-21-7-4-8-22(29)25(21)26(32)31-24(27(33)34)15-17-9-11-18(12-10-17)20-13-14-30-23(16-20)19-5-2-1-3-6-19/h1-13,23-24,30H,14-16H2,(H,31,32)(H,33,34)/t23?,24-/m0/s1. The molecule has 0 fully saturated rings. The maximum atomic E-state index is 12.6. The smallest absolute Gasteiger partial charge is 0.326 e. The molecule has 2 atom stereocenters. The second-order valence-corrected chi connectivity index (χ2v) is 8.98. The first-order chi connectivity index (χ1) is 16.4. The van der Waals surface area contributed by atoms with E-state index in [9.17, 15) is 14.7 Å². The van der Waals surface area contributed by atoms with Crippen molar-refractivity contribution in [3.63, 3.8) is 0 Å². The number of rotatable bonds is 7. The zero-order valence-electron chi connectivity index (χ0n) is 18.3. The van der Waals surface area contributed by atoms with Crippen molar-refractivity contribution >= 4 is 40.7 Å². The third kappa shape index (κ3) is 5.68. The van der Waals surface area contributed by atoms with Gasteiger partial charge in [-0.05, 0) is 40.8 Å². The molecule has 4 rings (SSSR count). The molecule has 1 aliphatic heterocycles. The van der Waals surface area contributed by atoms with Crippen LogP contribution in [0.5, 0.6) is 0 Å². The molecule has 3 aromatic carbocycles. The van der Waals surface area contributed by atoms with Gasteiger partial charge in [-0.1, -0.05) is 89.9 Å². The van der Waals surface area contributed by atoms with Crippen molar-refractivity contribution in [1.29, 1.82) is 0 Å². The number of carbonyl (C=O) groups excluding carboxylic acids is 1. The van der Waals surface area contributed by atoms with Crippen LogP contribution >= 0.6 is 23.2 Å². The molecular formula is C27H24Cl2N2O3. The van der Waals surface area contributed by atoms with E-state index in [4.69, 9.17) is 23.2 Å². The summed E-state index contributed by atoms with van der Waals surface area (Å²) in [6, 6.07) is 22.0. The largest absolute Gasteiger partial charge is 0.480 e. The third-order valence-electron chi connectivity index (χ3n) is 5.90. The Labute approximate surface area is 208 Å². The SMILES string of the molecule is O=C(N[C@@H](Cc1ccc(C2=CCNC(c3ccccc3)C2)cc1)C(=O)O)c1c(Cl)cccc1Cl. The van der Waals surface area contributed by atoms with E-state index in [1.54, 1.807) is 6.07 Å². The number of carboxylic acid groups (broad SMARTS) is 1. The molecule has 3 aromatic rings. The predicted molar refractivity (Wildman–Crippen MR) is 135 cm³/mol. The lowest BCUT2D eigenvalue weighted by Gasteiger charge is -2.25. The number of amides is 1. The first-order valence-corrected chi connectivity index (χ1v) is 11.7. The number of carboxylic acids is 1. The summed E-state index contributed by atoms with van der Waals surface area (Å²) in [6.07, 6.45) is 3.19. The average molecular weight is 495 g/mol. The van der Waals surface area contributed by atoms with Gasteiger partial charge in [0.05, 0.1) is 15.6 Å². The highest BCUT2D eigenvalue weighted by molar-refractivity contribution is 6.39. The fourth-order valence-corrected chi connectivity index (χ4v) is 4.66. The molecule has 1 unspecified atom stereocenters. The highest BCUT2D eigenvalue weighted by Gasteiger charge is 2.24. The average Bonchev–Trinajstić information content (AvgIpc) is 2.84. The molecule has 34 heavy (non-hydrogen) atoms. The van der Waals surface area contributed by atoms with Crippen molar-refractivity contribution in [3.05, 3.63) is 111 Å². The van der Waals surface area contributed by atoms with E-state index in [1.165, 1.54) is 23.3 Å². The van der Waals surface area contributed by atoms with Gasteiger partial charge in [-0.3, -0.25) is 4.79 Å². The molecule has 0 aromatic heterocycles. The molecule has 0 radical (unpaired) electrons. The number of benzene rings is 3. The molecule has 3 N–H and O–H groups in total. The summed E-state index contributed by atoms with van der Waals surface area (Å²) in [7, 11) is 0. The Morgan fingerprint density at radius 2 is 1.65 bits per heavy atom. The van der Waals surface area contributed by atoms with Gasteiger partial charge >= 0.3 is 5.97 Å². The van der Waals surface area contributed by atoms with Crippen LogP contribution in [0.25, 0.3) is 5.57 Å². The van der Waals surface area contributed by atoms with Gasteiger partial charge in [0.1, 0.15) is 6.04 Å². The van der Waals surface area contributed by atoms with E-state index in [2.05, 4.69) is 28.8 Å². The fourth-order valence-electron chi connectivity index (χ4n) is 4.09.